The molecule has 0 saturated carbocycles. The van der Waals surface area contributed by atoms with Crippen molar-refractivity contribution < 1.29 is 4.79 Å². The van der Waals surface area contributed by atoms with Gasteiger partial charge < -0.3 is 5.32 Å². The molecule has 122 valence electrons. The zero-order valence-electron chi connectivity index (χ0n) is 12.9. The molecule has 1 unspecified atom stereocenters. The van der Waals surface area contributed by atoms with Crippen LogP contribution in [0.1, 0.15) is 6.92 Å². The van der Waals surface area contributed by atoms with Gasteiger partial charge in [0.25, 0.3) is 0 Å². The lowest BCUT2D eigenvalue weighted by Crippen LogP contribution is -2.22. The van der Waals surface area contributed by atoms with Crippen molar-refractivity contribution in [3.8, 4) is 11.3 Å². The third-order valence-corrected chi connectivity index (χ3v) is 5.70. The lowest BCUT2D eigenvalue weighted by Gasteiger charge is -2.10. The topological polar surface area (TPSA) is 42.0 Å². The number of carbonyl (C=O) groups excluding carboxylic acids is 1. The number of nitrogens with zero attached hydrogens (tertiary/aromatic N) is 1. The van der Waals surface area contributed by atoms with Gasteiger partial charge in [0, 0.05) is 20.3 Å². The summed E-state index contributed by atoms with van der Waals surface area (Å²) in [4.78, 5) is 17.9. The molecule has 0 saturated heterocycles. The van der Waals surface area contributed by atoms with Gasteiger partial charge >= 0.3 is 0 Å². The lowest BCUT2D eigenvalue weighted by molar-refractivity contribution is -0.115. The first-order valence-corrected chi connectivity index (χ1v) is 9.91. The molecule has 1 atom stereocenters. The maximum Gasteiger partial charge on any atom is 0.239 e. The van der Waals surface area contributed by atoms with Gasteiger partial charge in [-0.05, 0) is 31.2 Å². The zero-order valence-corrected chi connectivity index (χ0v) is 16.1. The van der Waals surface area contributed by atoms with Crippen LogP contribution in [0.2, 0.25) is 0 Å². The van der Waals surface area contributed by atoms with E-state index in [2.05, 4.69) is 26.2 Å². The monoisotopic (exact) mass is 418 g/mol. The highest BCUT2D eigenvalue weighted by Crippen LogP contribution is 2.28. The van der Waals surface area contributed by atoms with Gasteiger partial charge in [-0.2, -0.15) is 0 Å². The van der Waals surface area contributed by atoms with Gasteiger partial charge in [-0.1, -0.05) is 46.3 Å². The number of thioether (sulfide) groups is 1. The Labute approximate surface area is 157 Å². The minimum atomic E-state index is -0.188. The molecule has 0 bridgehead atoms. The standard InChI is InChI=1S/C18H15BrN2OS2/c1-12(24-15-5-3-2-4-6-15)17(22)21-18-20-16(11-23-18)13-7-9-14(19)10-8-13/h2-12H,1H3,(H,20,21,22). The normalized spacial score (nSPS) is 11.9. The van der Waals surface area contributed by atoms with Crippen LogP contribution >= 0.6 is 39.0 Å². The Hall–Kier alpha value is -1.63. The molecule has 3 rings (SSSR count). The van der Waals surface area contributed by atoms with Gasteiger partial charge in [0.2, 0.25) is 5.91 Å². The van der Waals surface area contributed by atoms with Crippen LogP contribution in [0, 0.1) is 0 Å². The van der Waals surface area contributed by atoms with Gasteiger partial charge in [-0.25, -0.2) is 4.98 Å². The minimum absolute atomic E-state index is 0.0411. The number of thiazole rings is 1. The molecule has 0 spiro atoms. The summed E-state index contributed by atoms with van der Waals surface area (Å²) < 4.78 is 1.03. The van der Waals surface area contributed by atoms with Crippen molar-refractivity contribution in [3.63, 3.8) is 0 Å². The fourth-order valence-corrected chi connectivity index (χ4v) is 3.92. The summed E-state index contributed by atoms with van der Waals surface area (Å²) in [5, 5.41) is 5.29. The molecular formula is C18H15BrN2OS2. The highest BCUT2D eigenvalue weighted by Gasteiger charge is 2.16. The van der Waals surface area contributed by atoms with Crippen LogP contribution in [-0.4, -0.2) is 16.1 Å². The summed E-state index contributed by atoms with van der Waals surface area (Å²) in [5.74, 6) is -0.0411. The highest BCUT2D eigenvalue weighted by molar-refractivity contribution is 9.10. The smallest absolute Gasteiger partial charge is 0.239 e. The SMILES string of the molecule is CC(Sc1ccccc1)C(=O)Nc1nc(-c2ccc(Br)cc2)cs1. The second kappa shape index (κ2) is 7.96. The van der Waals surface area contributed by atoms with Gasteiger partial charge in [-0.15, -0.1) is 23.1 Å². The number of nitrogens with one attached hydrogen (secondary N) is 1. The lowest BCUT2D eigenvalue weighted by atomic mass is 10.2. The quantitative estimate of drug-likeness (QED) is 0.540. The number of rotatable bonds is 5. The van der Waals surface area contributed by atoms with E-state index in [4.69, 9.17) is 0 Å². The Balaban J connectivity index is 1.63. The molecule has 24 heavy (non-hydrogen) atoms. The molecule has 0 aliphatic rings. The Morgan fingerprint density at radius 1 is 1.17 bits per heavy atom. The molecule has 3 aromatic rings. The average Bonchev–Trinajstić information content (AvgIpc) is 3.05. The third kappa shape index (κ3) is 4.47. The number of benzene rings is 2. The minimum Gasteiger partial charge on any atom is -0.301 e. The van der Waals surface area contributed by atoms with Crippen LogP contribution in [-0.2, 0) is 4.79 Å². The second-order valence-electron chi connectivity index (χ2n) is 5.11. The van der Waals surface area contributed by atoms with E-state index >= 15 is 0 Å². The van der Waals surface area contributed by atoms with Crippen molar-refractivity contribution in [1.29, 1.82) is 0 Å². The maximum absolute atomic E-state index is 12.3. The molecule has 1 heterocycles. The number of anilines is 1. The highest BCUT2D eigenvalue weighted by atomic mass is 79.9. The summed E-state index contributed by atoms with van der Waals surface area (Å²) in [6, 6.07) is 17.9. The van der Waals surface area contributed by atoms with Crippen LogP contribution in [0.3, 0.4) is 0 Å². The first-order chi connectivity index (χ1) is 11.6. The molecule has 0 radical (unpaired) electrons. The summed E-state index contributed by atoms with van der Waals surface area (Å²) in [5.41, 5.74) is 1.90. The summed E-state index contributed by atoms with van der Waals surface area (Å²) in [6.45, 7) is 1.90. The molecule has 1 N–H and O–H groups in total. The van der Waals surface area contributed by atoms with E-state index in [1.165, 1.54) is 23.1 Å². The van der Waals surface area contributed by atoms with Crippen LogP contribution in [0.5, 0.6) is 0 Å². The van der Waals surface area contributed by atoms with E-state index in [9.17, 15) is 4.79 Å². The van der Waals surface area contributed by atoms with Crippen molar-refractivity contribution in [2.75, 3.05) is 5.32 Å². The van der Waals surface area contributed by atoms with Gasteiger partial charge in [0.05, 0.1) is 10.9 Å². The van der Waals surface area contributed by atoms with Crippen molar-refractivity contribution in [2.45, 2.75) is 17.1 Å². The average molecular weight is 419 g/mol. The van der Waals surface area contributed by atoms with Crippen LogP contribution in [0.4, 0.5) is 5.13 Å². The van der Waals surface area contributed by atoms with Crippen LogP contribution in [0.25, 0.3) is 11.3 Å². The molecule has 0 aliphatic carbocycles. The summed E-state index contributed by atoms with van der Waals surface area (Å²) >= 11 is 6.39. The second-order valence-corrected chi connectivity index (χ2v) is 8.30. The molecule has 3 nitrogen and oxygen atoms in total. The number of carbonyl (C=O) groups is 1. The van der Waals surface area contributed by atoms with E-state index in [1.807, 2.05) is 66.9 Å². The van der Waals surface area contributed by atoms with E-state index in [0.717, 1.165) is 20.6 Å². The molecule has 1 amide bonds. The zero-order chi connectivity index (χ0) is 16.9. The van der Waals surface area contributed by atoms with Crippen LogP contribution in [0.15, 0.2) is 69.3 Å². The fourth-order valence-electron chi connectivity index (χ4n) is 2.05. The Morgan fingerprint density at radius 2 is 1.88 bits per heavy atom. The number of aromatic nitrogens is 1. The van der Waals surface area contributed by atoms with E-state index in [1.54, 1.807) is 0 Å². The number of hydrogen-bond donors (Lipinski definition) is 1. The number of halogens is 1. The predicted octanol–water partition coefficient (Wildman–Crippen LogP) is 5.69. The van der Waals surface area contributed by atoms with E-state index in [0.29, 0.717) is 5.13 Å². The number of hydrogen-bond acceptors (Lipinski definition) is 4. The van der Waals surface area contributed by atoms with Gasteiger partial charge in [0.15, 0.2) is 5.13 Å². The third-order valence-electron chi connectivity index (χ3n) is 3.30. The van der Waals surface area contributed by atoms with Crippen molar-refractivity contribution in [1.82, 2.24) is 4.98 Å². The predicted molar refractivity (Wildman–Crippen MR) is 106 cm³/mol. The molecule has 1 aromatic heterocycles. The van der Waals surface area contributed by atoms with Gasteiger partial charge in [0.1, 0.15) is 0 Å². The fraction of sp³-hybridized carbons (Fsp3) is 0.111. The summed E-state index contributed by atoms with van der Waals surface area (Å²) in [6.07, 6.45) is 0. The molecule has 6 heteroatoms. The van der Waals surface area contributed by atoms with Crippen LogP contribution < -0.4 is 5.32 Å². The largest absolute Gasteiger partial charge is 0.301 e. The van der Waals surface area contributed by atoms with Crippen molar-refractivity contribution in [3.05, 3.63) is 64.5 Å². The van der Waals surface area contributed by atoms with E-state index in [-0.39, 0.29) is 11.2 Å². The summed E-state index contributed by atoms with van der Waals surface area (Å²) in [7, 11) is 0. The molecular weight excluding hydrogens is 404 g/mol. The first-order valence-electron chi connectivity index (χ1n) is 7.36. The Bertz CT molecular complexity index is 819. The maximum atomic E-state index is 12.3. The van der Waals surface area contributed by atoms with Crippen molar-refractivity contribution in [2.24, 2.45) is 0 Å². The first kappa shape index (κ1) is 17.2. The Morgan fingerprint density at radius 3 is 2.58 bits per heavy atom. The van der Waals surface area contributed by atoms with Gasteiger partial charge in [-0.3, -0.25) is 4.79 Å². The van der Waals surface area contributed by atoms with Crippen molar-refractivity contribution >= 4 is 50.1 Å². The molecule has 0 fully saturated rings. The molecule has 2 aromatic carbocycles. The van der Waals surface area contributed by atoms with E-state index < -0.39 is 0 Å². The Kier molecular flexibility index (Phi) is 5.71. The molecule has 0 aliphatic heterocycles. The number of amides is 1.